The molecule has 2 heterocycles. The van der Waals surface area contributed by atoms with Crippen LogP contribution in [0, 0.1) is 5.92 Å². The molecule has 2 rings (SSSR count). The highest BCUT2D eigenvalue weighted by molar-refractivity contribution is 4.93. The molecule has 0 amide bonds. The highest BCUT2D eigenvalue weighted by Gasteiger charge is 2.26. The second kappa shape index (κ2) is 7.15. The second-order valence-corrected chi connectivity index (χ2v) is 5.92. The lowest BCUT2D eigenvalue weighted by Crippen LogP contribution is -2.51. The summed E-state index contributed by atoms with van der Waals surface area (Å²) in [7, 11) is 0. The summed E-state index contributed by atoms with van der Waals surface area (Å²) < 4.78 is 7.78. The van der Waals surface area contributed by atoms with Crippen LogP contribution in [0.3, 0.4) is 0 Å². The summed E-state index contributed by atoms with van der Waals surface area (Å²) in [6.07, 6.45) is 2.42. The van der Waals surface area contributed by atoms with E-state index in [9.17, 15) is 0 Å². The number of nitrogens with two attached hydrogens (primary N) is 1. The number of ether oxygens (including phenoxy) is 1. The molecule has 1 aromatic rings. The Labute approximate surface area is 121 Å². The lowest BCUT2D eigenvalue weighted by molar-refractivity contribution is -0.0389. The molecule has 1 aliphatic heterocycles. The maximum atomic E-state index is 6.32. The average molecular weight is 281 g/mol. The van der Waals surface area contributed by atoms with Crippen molar-refractivity contribution in [3.63, 3.8) is 0 Å². The largest absolute Gasteiger partial charge is 0.374 e. The summed E-state index contributed by atoms with van der Waals surface area (Å²) in [5, 5.41) is 4.28. The SMILES string of the molecule is CCN1CCOC(C(N)Cc2ncnn2CC(C)C)C1. The van der Waals surface area contributed by atoms with Gasteiger partial charge in [0.2, 0.25) is 0 Å². The molecule has 2 atom stereocenters. The first-order chi connectivity index (χ1) is 9.60. The maximum Gasteiger partial charge on any atom is 0.138 e. The Morgan fingerprint density at radius 1 is 1.50 bits per heavy atom. The Morgan fingerprint density at radius 3 is 3.00 bits per heavy atom. The molecule has 0 aromatic carbocycles. The summed E-state index contributed by atoms with van der Waals surface area (Å²) in [5.74, 6) is 1.51. The number of aromatic nitrogens is 3. The van der Waals surface area contributed by atoms with E-state index < -0.39 is 0 Å². The van der Waals surface area contributed by atoms with Crippen LogP contribution in [0.5, 0.6) is 0 Å². The van der Waals surface area contributed by atoms with Crippen molar-refractivity contribution in [1.82, 2.24) is 19.7 Å². The van der Waals surface area contributed by atoms with Gasteiger partial charge in [-0.15, -0.1) is 0 Å². The van der Waals surface area contributed by atoms with Gasteiger partial charge in [-0.05, 0) is 12.5 Å². The smallest absolute Gasteiger partial charge is 0.138 e. The Bertz CT molecular complexity index is 406. The van der Waals surface area contributed by atoms with E-state index in [1.807, 2.05) is 4.68 Å². The number of rotatable bonds is 6. The van der Waals surface area contributed by atoms with Gasteiger partial charge in [0.1, 0.15) is 12.2 Å². The molecule has 114 valence electrons. The van der Waals surface area contributed by atoms with Crippen molar-refractivity contribution in [3.8, 4) is 0 Å². The first-order valence-electron chi connectivity index (χ1n) is 7.56. The molecule has 0 saturated carbocycles. The monoisotopic (exact) mass is 281 g/mol. The average Bonchev–Trinajstić information content (AvgIpc) is 2.85. The third kappa shape index (κ3) is 4.01. The number of likely N-dealkylation sites (N-methyl/N-ethyl adjacent to an activating group) is 1. The summed E-state index contributed by atoms with van der Waals surface area (Å²) in [4.78, 5) is 6.73. The zero-order chi connectivity index (χ0) is 14.5. The number of hydrogen-bond acceptors (Lipinski definition) is 5. The van der Waals surface area contributed by atoms with Gasteiger partial charge in [0.05, 0.1) is 12.7 Å². The summed E-state index contributed by atoms with van der Waals surface area (Å²) in [6, 6.07) is -0.0283. The summed E-state index contributed by atoms with van der Waals surface area (Å²) in [6.45, 7) is 11.1. The lowest BCUT2D eigenvalue weighted by Gasteiger charge is -2.35. The van der Waals surface area contributed by atoms with E-state index in [0.29, 0.717) is 5.92 Å². The molecular formula is C14H27N5O. The van der Waals surface area contributed by atoms with Crippen LogP contribution in [-0.4, -0.2) is 58.1 Å². The molecule has 2 unspecified atom stereocenters. The van der Waals surface area contributed by atoms with Crippen molar-refractivity contribution in [3.05, 3.63) is 12.2 Å². The Balaban J connectivity index is 1.93. The van der Waals surface area contributed by atoms with Gasteiger partial charge < -0.3 is 10.5 Å². The molecule has 6 heteroatoms. The first-order valence-corrected chi connectivity index (χ1v) is 7.56. The Kier molecular flexibility index (Phi) is 5.51. The number of nitrogens with zero attached hydrogens (tertiary/aromatic N) is 4. The minimum absolute atomic E-state index is 0.0283. The van der Waals surface area contributed by atoms with Gasteiger partial charge in [-0.3, -0.25) is 4.90 Å². The molecule has 6 nitrogen and oxygen atoms in total. The third-order valence-corrected chi connectivity index (χ3v) is 3.75. The van der Waals surface area contributed by atoms with E-state index in [1.54, 1.807) is 6.33 Å². The van der Waals surface area contributed by atoms with Crippen molar-refractivity contribution in [2.24, 2.45) is 11.7 Å². The number of morpholine rings is 1. The highest BCUT2D eigenvalue weighted by atomic mass is 16.5. The van der Waals surface area contributed by atoms with Gasteiger partial charge in [0, 0.05) is 32.1 Å². The van der Waals surface area contributed by atoms with Crippen LogP contribution in [0.4, 0.5) is 0 Å². The van der Waals surface area contributed by atoms with Gasteiger partial charge in [-0.1, -0.05) is 20.8 Å². The molecule has 0 bridgehead atoms. The fraction of sp³-hybridized carbons (Fsp3) is 0.857. The zero-order valence-electron chi connectivity index (χ0n) is 12.8. The summed E-state index contributed by atoms with van der Waals surface area (Å²) >= 11 is 0. The molecule has 0 radical (unpaired) electrons. The normalized spacial score (nSPS) is 22.4. The van der Waals surface area contributed by atoms with Crippen LogP contribution < -0.4 is 5.73 Å². The minimum Gasteiger partial charge on any atom is -0.374 e. The van der Waals surface area contributed by atoms with Crippen molar-refractivity contribution >= 4 is 0 Å². The molecule has 2 N–H and O–H groups in total. The zero-order valence-corrected chi connectivity index (χ0v) is 12.8. The van der Waals surface area contributed by atoms with Crippen LogP contribution in [0.15, 0.2) is 6.33 Å². The number of hydrogen-bond donors (Lipinski definition) is 1. The Morgan fingerprint density at radius 2 is 2.30 bits per heavy atom. The maximum absolute atomic E-state index is 6.32. The van der Waals surface area contributed by atoms with Crippen molar-refractivity contribution in [2.75, 3.05) is 26.2 Å². The van der Waals surface area contributed by atoms with Crippen molar-refractivity contribution in [2.45, 2.75) is 45.9 Å². The first kappa shape index (κ1) is 15.4. The molecule has 1 aliphatic rings. The van der Waals surface area contributed by atoms with Gasteiger partial charge in [-0.2, -0.15) is 5.10 Å². The van der Waals surface area contributed by atoms with Gasteiger partial charge >= 0.3 is 0 Å². The summed E-state index contributed by atoms with van der Waals surface area (Å²) in [5.41, 5.74) is 6.32. The topological polar surface area (TPSA) is 69.2 Å². The van der Waals surface area contributed by atoms with E-state index in [-0.39, 0.29) is 12.1 Å². The second-order valence-electron chi connectivity index (χ2n) is 5.92. The molecular weight excluding hydrogens is 254 g/mol. The van der Waals surface area contributed by atoms with E-state index in [0.717, 1.165) is 45.0 Å². The molecule has 0 spiro atoms. The molecule has 1 saturated heterocycles. The standard InChI is InChI=1S/C14H27N5O/c1-4-18-5-6-20-13(9-18)12(15)7-14-16-10-17-19(14)8-11(2)3/h10-13H,4-9,15H2,1-3H3. The minimum atomic E-state index is -0.0283. The van der Waals surface area contributed by atoms with Crippen LogP contribution in [0.2, 0.25) is 0 Å². The van der Waals surface area contributed by atoms with Gasteiger partial charge in [0.25, 0.3) is 0 Å². The predicted octanol–water partition coefficient (Wildman–Crippen LogP) is 0.525. The Hall–Kier alpha value is -0.980. The van der Waals surface area contributed by atoms with Crippen molar-refractivity contribution in [1.29, 1.82) is 0 Å². The van der Waals surface area contributed by atoms with Crippen molar-refractivity contribution < 1.29 is 4.74 Å². The van der Waals surface area contributed by atoms with Crippen LogP contribution in [-0.2, 0) is 17.7 Å². The van der Waals surface area contributed by atoms with E-state index >= 15 is 0 Å². The highest BCUT2D eigenvalue weighted by Crippen LogP contribution is 2.11. The van der Waals surface area contributed by atoms with Crippen LogP contribution in [0.25, 0.3) is 0 Å². The quantitative estimate of drug-likeness (QED) is 0.823. The van der Waals surface area contributed by atoms with Crippen LogP contribution >= 0.6 is 0 Å². The lowest BCUT2D eigenvalue weighted by atomic mass is 10.1. The van der Waals surface area contributed by atoms with E-state index in [2.05, 4.69) is 35.8 Å². The van der Waals surface area contributed by atoms with E-state index in [1.165, 1.54) is 0 Å². The third-order valence-electron chi connectivity index (χ3n) is 3.75. The van der Waals surface area contributed by atoms with E-state index in [4.69, 9.17) is 10.5 Å². The molecule has 20 heavy (non-hydrogen) atoms. The molecule has 0 aliphatic carbocycles. The van der Waals surface area contributed by atoms with Gasteiger partial charge in [-0.25, -0.2) is 9.67 Å². The molecule has 1 aromatic heterocycles. The fourth-order valence-electron chi connectivity index (χ4n) is 2.56. The molecule has 1 fully saturated rings. The van der Waals surface area contributed by atoms with Crippen LogP contribution in [0.1, 0.15) is 26.6 Å². The predicted molar refractivity (Wildman–Crippen MR) is 78.4 cm³/mol. The van der Waals surface area contributed by atoms with Gasteiger partial charge in [0.15, 0.2) is 0 Å². The fourth-order valence-corrected chi connectivity index (χ4v) is 2.56.